The maximum atomic E-state index is 13.0. The first-order valence-corrected chi connectivity index (χ1v) is 9.40. The van der Waals surface area contributed by atoms with E-state index in [0.717, 1.165) is 16.7 Å². The molecule has 0 aliphatic heterocycles. The van der Waals surface area contributed by atoms with Gasteiger partial charge in [0.05, 0.1) is 19.9 Å². The summed E-state index contributed by atoms with van der Waals surface area (Å²) in [4.78, 5) is 14.2. The van der Waals surface area contributed by atoms with E-state index in [2.05, 4.69) is 15.5 Å². The van der Waals surface area contributed by atoms with Gasteiger partial charge in [0.25, 0.3) is 0 Å². The third-order valence-electron chi connectivity index (χ3n) is 4.54. The van der Waals surface area contributed by atoms with Gasteiger partial charge >= 0.3 is 6.03 Å². The molecule has 1 heterocycles. The molecule has 0 saturated carbocycles. The number of aromatic amines is 1. The number of urea groups is 1. The van der Waals surface area contributed by atoms with Gasteiger partial charge in [0.15, 0.2) is 0 Å². The summed E-state index contributed by atoms with van der Waals surface area (Å²) in [6.07, 6.45) is 3.50. The Morgan fingerprint density at radius 3 is 2.57 bits per heavy atom. The molecule has 0 aliphatic rings. The number of nitrogens with zero attached hydrogens (tertiary/aromatic N) is 2. The predicted octanol–water partition coefficient (Wildman–Crippen LogP) is 3.87. The van der Waals surface area contributed by atoms with Crippen LogP contribution in [0.5, 0.6) is 5.75 Å². The van der Waals surface area contributed by atoms with Crippen molar-refractivity contribution in [2.24, 2.45) is 0 Å². The molecule has 1 aromatic heterocycles. The lowest BCUT2D eigenvalue weighted by molar-refractivity contribution is 0.135. The minimum atomic E-state index is -1.48. The number of rotatable bonds is 6. The average Bonchev–Trinajstić information content (AvgIpc) is 3.26. The molecule has 0 bridgehead atoms. The Kier molecular flexibility index (Phi) is 6.17. The molecular weight excluding hydrogens is 382 g/mol. The molecule has 2 aromatic carbocycles. The van der Waals surface area contributed by atoms with Crippen LogP contribution in [-0.4, -0.2) is 44.8 Å². The predicted molar refractivity (Wildman–Crippen MR) is 116 cm³/mol. The van der Waals surface area contributed by atoms with Gasteiger partial charge in [-0.2, -0.15) is 5.10 Å². The van der Waals surface area contributed by atoms with Crippen LogP contribution in [0, 0.1) is 5.41 Å². The van der Waals surface area contributed by atoms with Gasteiger partial charge in [-0.05, 0) is 49.2 Å². The van der Waals surface area contributed by atoms with Gasteiger partial charge in [-0.1, -0.05) is 24.3 Å². The van der Waals surface area contributed by atoms with Gasteiger partial charge in [0.2, 0.25) is 0 Å². The molecule has 4 N–H and O–H groups in total. The first-order valence-electron chi connectivity index (χ1n) is 9.40. The second-order valence-corrected chi connectivity index (χ2v) is 7.34. The van der Waals surface area contributed by atoms with Crippen LogP contribution in [0.3, 0.4) is 0 Å². The van der Waals surface area contributed by atoms with Crippen LogP contribution in [0.1, 0.15) is 19.4 Å². The van der Waals surface area contributed by atoms with E-state index in [1.165, 1.54) is 18.7 Å². The maximum Gasteiger partial charge on any atom is 0.327 e. The van der Waals surface area contributed by atoms with Gasteiger partial charge in [-0.3, -0.25) is 15.4 Å². The monoisotopic (exact) mass is 407 g/mol. The minimum absolute atomic E-state index is 0.110. The fourth-order valence-electron chi connectivity index (χ4n) is 2.88. The minimum Gasteiger partial charge on any atom is -0.497 e. The van der Waals surface area contributed by atoms with Gasteiger partial charge in [-0.25, -0.2) is 4.79 Å². The molecule has 0 saturated heterocycles. The van der Waals surface area contributed by atoms with Crippen molar-refractivity contribution in [1.82, 2.24) is 15.1 Å². The number of hydrogen-bond donors (Lipinski definition) is 4. The zero-order valence-electron chi connectivity index (χ0n) is 17.1. The normalized spacial score (nSPS) is 11.1. The molecule has 3 rings (SSSR count). The van der Waals surface area contributed by atoms with E-state index < -0.39 is 11.6 Å². The highest BCUT2D eigenvalue weighted by atomic mass is 16.5. The summed E-state index contributed by atoms with van der Waals surface area (Å²) in [7, 11) is 1.57. The van der Waals surface area contributed by atoms with E-state index in [-0.39, 0.29) is 12.4 Å². The van der Waals surface area contributed by atoms with E-state index in [0.29, 0.717) is 11.4 Å². The molecule has 0 unspecified atom stereocenters. The molecule has 30 heavy (non-hydrogen) atoms. The lowest BCUT2D eigenvalue weighted by atomic mass is 10.1. The molecule has 2 amide bonds. The molecule has 0 spiro atoms. The number of ether oxygens (including phenoxy) is 1. The highest BCUT2D eigenvalue weighted by Crippen LogP contribution is 2.22. The third kappa shape index (κ3) is 5.03. The lowest BCUT2D eigenvalue weighted by Gasteiger charge is -2.30. The van der Waals surface area contributed by atoms with Crippen LogP contribution >= 0.6 is 0 Å². The number of aromatic nitrogens is 2. The van der Waals surface area contributed by atoms with Crippen LogP contribution in [0.15, 0.2) is 60.9 Å². The Bertz CT molecular complexity index is 1010. The number of hydrogen-bond acceptors (Lipinski definition) is 5. The van der Waals surface area contributed by atoms with Crippen LogP contribution in [0.4, 0.5) is 10.5 Å². The van der Waals surface area contributed by atoms with E-state index in [9.17, 15) is 9.90 Å². The van der Waals surface area contributed by atoms with Crippen molar-refractivity contribution < 1.29 is 14.6 Å². The molecule has 0 radical (unpaired) electrons. The molecule has 0 atom stereocenters. The van der Waals surface area contributed by atoms with Gasteiger partial charge in [0.1, 0.15) is 17.2 Å². The largest absolute Gasteiger partial charge is 0.497 e. The van der Waals surface area contributed by atoms with Crippen molar-refractivity contribution in [3.63, 3.8) is 0 Å². The van der Waals surface area contributed by atoms with Crippen molar-refractivity contribution >= 4 is 17.6 Å². The number of methoxy groups -OCH3 is 1. The zero-order chi connectivity index (χ0) is 21.7. The first-order chi connectivity index (χ1) is 14.3. The Labute approximate surface area is 175 Å². The number of carbonyl (C=O) groups is 1. The number of benzene rings is 2. The molecule has 8 nitrogen and oxygen atoms in total. The van der Waals surface area contributed by atoms with Gasteiger partial charge in [0, 0.05) is 17.4 Å². The summed E-state index contributed by atoms with van der Waals surface area (Å²) in [5, 5.41) is 28.1. The molecule has 3 aromatic rings. The quantitative estimate of drug-likeness (QED) is 0.367. The summed E-state index contributed by atoms with van der Waals surface area (Å²) in [5.41, 5.74) is 1.76. The molecule has 156 valence electrons. The standard InChI is InChI=1S/C22H25N5O3/c1-22(2,29)20(23)27(14-15-5-4-6-19(11-15)30-3)21(28)26-18-9-7-16(8-10-18)17-12-24-25-13-17/h4-13,23,29H,14H2,1-3H3,(H,24,25)(H,26,28). The topological polar surface area (TPSA) is 114 Å². The highest BCUT2D eigenvalue weighted by Gasteiger charge is 2.30. The second kappa shape index (κ2) is 8.79. The summed E-state index contributed by atoms with van der Waals surface area (Å²) < 4.78 is 5.23. The second-order valence-electron chi connectivity index (χ2n) is 7.34. The van der Waals surface area contributed by atoms with Crippen LogP contribution in [0.2, 0.25) is 0 Å². The number of aliphatic hydroxyl groups is 1. The van der Waals surface area contributed by atoms with Gasteiger partial charge in [-0.15, -0.1) is 0 Å². The summed E-state index contributed by atoms with van der Waals surface area (Å²) in [6.45, 7) is 3.06. The number of H-pyrrole nitrogens is 1. The zero-order valence-corrected chi connectivity index (χ0v) is 17.1. The van der Waals surface area contributed by atoms with E-state index in [1.54, 1.807) is 43.8 Å². The number of anilines is 1. The number of nitrogens with one attached hydrogen (secondary N) is 3. The van der Waals surface area contributed by atoms with Gasteiger partial charge < -0.3 is 15.2 Å². The number of amides is 2. The SMILES string of the molecule is COc1cccc(CN(C(=N)C(C)(C)O)C(=O)Nc2ccc(-c3cn[nH]c3)cc2)c1. The average molecular weight is 407 g/mol. The lowest BCUT2D eigenvalue weighted by Crippen LogP contribution is -2.48. The van der Waals surface area contributed by atoms with Crippen LogP contribution in [0.25, 0.3) is 11.1 Å². The Morgan fingerprint density at radius 2 is 1.97 bits per heavy atom. The van der Waals surface area contributed by atoms with Crippen LogP contribution in [-0.2, 0) is 6.54 Å². The Balaban J connectivity index is 1.80. The number of amidine groups is 1. The van der Waals surface area contributed by atoms with Crippen molar-refractivity contribution in [3.8, 4) is 16.9 Å². The fourth-order valence-corrected chi connectivity index (χ4v) is 2.88. The smallest absolute Gasteiger partial charge is 0.327 e. The molecular formula is C22H25N5O3. The summed E-state index contributed by atoms with van der Waals surface area (Å²) in [5.74, 6) is 0.440. The van der Waals surface area contributed by atoms with E-state index in [1.807, 2.05) is 24.3 Å². The van der Waals surface area contributed by atoms with Crippen LogP contribution < -0.4 is 10.1 Å². The van der Waals surface area contributed by atoms with Crippen molar-refractivity contribution in [1.29, 1.82) is 5.41 Å². The Morgan fingerprint density at radius 1 is 1.23 bits per heavy atom. The molecule has 0 aliphatic carbocycles. The molecule has 8 heteroatoms. The Hall–Kier alpha value is -3.65. The maximum absolute atomic E-state index is 13.0. The van der Waals surface area contributed by atoms with E-state index >= 15 is 0 Å². The first kappa shape index (κ1) is 21.1. The van der Waals surface area contributed by atoms with Crippen molar-refractivity contribution in [2.75, 3.05) is 12.4 Å². The van der Waals surface area contributed by atoms with Crippen molar-refractivity contribution in [3.05, 3.63) is 66.5 Å². The fraction of sp³-hybridized carbons (Fsp3) is 0.227. The summed E-state index contributed by atoms with van der Waals surface area (Å²) in [6, 6.07) is 14.0. The summed E-state index contributed by atoms with van der Waals surface area (Å²) >= 11 is 0. The molecule has 0 fully saturated rings. The third-order valence-corrected chi connectivity index (χ3v) is 4.54. The van der Waals surface area contributed by atoms with Crippen molar-refractivity contribution in [2.45, 2.75) is 26.0 Å². The van der Waals surface area contributed by atoms with E-state index in [4.69, 9.17) is 10.1 Å². The number of carbonyl (C=O) groups excluding carboxylic acids is 1. The highest BCUT2D eigenvalue weighted by molar-refractivity contribution is 6.04.